The van der Waals surface area contributed by atoms with Crippen LogP contribution >= 0.6 is 11.6 Å². The number of halogens is 1. The summed E-state index contributed by atoms with van der Waals surface area (Å²) in [6, 6.07) is 11.3. The number of nitrogens with zero attached hydrogens (tertiary/aromatic N) is 2. The minimum absolute atomic E-state index is 0.0676. The third-order valence-corrected chi connectivity index (χ3v) is 5.13. The van der Waals surface area contributed by atoms with Gasteiger partial charge in [0.25, 0.3) is 0 Å². The van der Waals surface area contributed by atoms with Gasteiger partial charge in [0, 0.05) is 30.4 Å². The second-order valence-corrected chi connectivity index (χ2v) is 7.28. The van der Waals surface area contributed by atoms with Crippen molar-refractivity contribution in [1.29, 1.82) is 0 Å². The van der Waals surface area contributed by atoms with Gasteiger partial charge in [-0.05, 0) is 55.3 Å². The number of carbonyl (C=O) groups excluding carboxylic acids is 1. The van der Waals surface area contributed by atoms with Crippen LogP contribution in [-0.4, -0.2) is 35.4 Å². The molecule has 1 fully saturated rings. The molecular weight excluding hydrogens is 346 g/mol. The van der Waals surface area contributed by atoms with Crippen LogP contribution in [0.1, 0.15) is 49.3 Å². The van der Waals surface area contributed by atoms with E-state index in [0.29, 0.717) is 11.4 Å². The normalized spacial score (nSPS) is 16.7. The van der Waals surface area contributed by atoms with Gasteiger partial charge in [-0.2, -0.15) is 0 Å². The molecule has 0 saturated carbocycles. The first-order valence-electron chi connectivity index (χ1n) is 9.39. The maximum Gasteiger partial charge on any atom is 0.222 e. The smallest absolute Gasteiger partial charge is 0.222 e. The molecule has 5 heteroatoms. The summed E-state index contributed by atoms with van der Waals surface area (Å²) in [5.41, 5.74) is 1.98. The Morgan fingerprint density at radius 3 is 2.46 bits per heavy atom. The zero-order valence-corrected chi connectivity index (χ0v) is 15.8. The Hall–Kier alpha value is -1.91. The van der Waals surface area contributed by atoms with Crippen molar-refractivity contribution in [2.75, 3.05) is 19.6 Å². The first-order valence-corrected chi connectivity index (χ1v) is 9.77. The molecule has 2 heterocycles. The Morgan fingerprint density at radius 1 is 1.08 bits per heavy atom. The first-order chi connectivity index (χ1) is 12.7. The number of carbonyl (C=O) groups is 1. The van der Waals surface area contributed by atoms with E-state index in [2.05, 4.69) is 15.2 Å². The third kappa shape index (κ3) is 5.55. The summed E-state index contributed by atoms with van der Waals surface area (Å²) in [6.45, 7) is 3.04. The minimum atomic E-state index is -0.211. The molecule has 1 unspecified atom stereocenters. The summed E-state index contributed by atoms with van der Waals surface area (Å²) in [6.07, 6.45) is 9.16. The Bertz CT molecular complexity index is 682. The van der Waals surface area contributed by atoms with Crippen LogP contribution in [0.4, 0.5) is 0 Å². The van der Waals surface area contributed by atoms with Gasteiger partial charge in [0.05, 0.1) is 6.04 Å². The van der Waals surface area contributed by atoms with Gasteiger partial charge >= 0.3 is 0 Å². The fraction of sp³-hybridized carbons (Fsp3) is 0.429. The fourth-order valence-electron chi connectivity index (χ4n) is 3.41. The van der Waals surface area contributed by atoms with E-state index in [4.69, 9.17) is 11.6 Å². The highest BCUT2D eigenvalue weighted by Gasteiger charge is 2.18. The van der Waals surface area contributed by atoms with Crippen molar-refractivity contribution >= 4 is 17.5 Å². The number of likely N-dealkylation sites (tertiary alicyclic amines) is 1. The zero-order chi connectivity index (χ0) is 18.2. The van der Waals surface area contributed by atoms with Crippen LogP contribution in [0.2, 0.25) is 5.02 Å². The molecule has 26 heavy (non-hydrogen) atoms. The van der Waals surface area contributed by atoms with Crippen molar-refractivity contribution in [3.63, 3.8) is 0 Å². The Morgan fingerprint density at radius 2 is 1.81 bits per heavy atom. The van der Waals surface area contributed by atoms with Gasteiger partial charge in [-0.1, -0.05) is 42.6 Å². The largest absolute Gasteiger partial charge is 0.345 e. The van der Waals surface area contributed by atoms with Crippen molar-refractivity contribution in [2.45, 2.75) is 38.1 Å². The number of pyridine rings is 1. The predicted octanol–water partition coefficient (Wildman–Crippen LogP) is 4.21. The Balaban J connectivity index is 1.65. The Labute approximate surface area is 160 Å². The van der Waals surface area contributed by atoms with Gasteiger partial charge in [0.2, 0.25) is 5.91 Å². The van der Waals surface area contributed by atoms with Crippen molar-refractivity contribution in [3.05, 3.63) is 64.9 Å². The molecule has 3 rings (SSSR count). The van der Waals surface area contributed by atoms with E-state index in [1.807, 2.05) is 36.4 Å². The highest BCUT2D eigenvalue weighted by atomic mass is 35.5. The summed E-state index contributed by atoms with van der Waals surface area (Å²) in [5.74, 6) is 0.0676. The third-order valence-electron chi connectivity index (χ3n) is 4.88. The second-order valence-electron chi connectivity index (χ2n) is 6.84. The second kappa shape index (κ2) is 9.70. The van der Waals surface area contributed by atoms with E-state index in [-0.39, 0.29) is 11.9 Å². The molecule has 0 spiro atoms. The van der Waals surface area contributed by atoms with Gasteiger partial charge < -0.3 is 10.2 Å². The average Bonchev–Trinajstić information content (AvgIpc) is 2.95. The molecule has 1 atom stereocenters. The molecule has 4 nitrogen and oxygen atoms in total. The van der Waals surface area contributed by atoms with Gasteiger partial charge in [0.1, 0.15) is 0 Å². The number of amides is 1. The number of hydrogen-bond acceptors (Lipinski definition) is 3. The SMILES string of the molecule is O=C(CCN1CCCCCC1)NC(c1ccc(Cl)cc1)c1cccnc1. The van der Waals surface area contributed by atoms with Gasteiger partial charge in [0.15, 0.2) is 0 Å². The van der Waals surface area contributed by atoms with E-state index in [9.17, 15) is 4.79 Å². The number of rotatable bonds is 6. The van der Waals surface area contributed by atoms with E-state index in [0.717, 1.165) is 30.8 Å². The Kier molecular flexibility index (Phi) is 7.04. The van der Waals surface area contributed by atoms with E-state index in [1.165, 1.54) is 25.7 Å². The molecule has 1 aliphatic heterocycles. The molecule has 1 aromatic carbocycles. The van der Waals surface area contributed by atoms with Crippen LogP contribution in [0.3, 0.4) is 0 Å². The number of aromatic nitrogens is 1. The summed E-state index contributed by atoms with van der Waals surface area (Å²) >= 11 is 6.01. The summed E-state index contributed by atoms with van der Waals surface area (Å²) in [4.78, 5) is 19.2. The zero-order valence-electron chi connectivity index (χ0n) is 15.0. The van der Waals surface area contributed by atoms with Gasteiger partial charge in [-0.25, -0.2) is 0 Å². The summed E-state index contributed by atoms with van der Waals surface area (Å²) in [5, 5.41) is 3.86. The lowest BCUT2D eigenvalue weighted by molar-refractivity contribution is -0.121. The molecule has 1 saturated heterocycles. The molecule has 1 amide bonds. The molecule has 1 aromatic heterocycles. The lowest BCUT2D eigenvalue weighted by atomic mass is 10.00. The summed E-state index contributed by atoms with van der Waals surface area (Å²) < 4.78 is 0. The maximum absolute atomic E-state index is 12.6. The molecule has 0 aliphatic carbocycles. The quantitative estimate of drug-likeness (QED) is 0.827. The van der Waals surface area contributed by atoms with E-state index in [1.54, 1.807) is 12.4 Å². The lowest BCUT2D eigenvalue weighted by Crippen LogP contribution is -2.34. The van der Waals surface area contributed by atoms with Crippen molar-refractivity contribution < 1.29 is 4.79 Å². The molecule has 0 bridgehead atoms. The standard InChI is InChI=1S/C21H26ClN3O/c22-19-9-7-17(8-10-19)21(18-6-5-12-23-16-18)24-20(26)11-15-25-13-3-1-2-4-14-25/h5-10,12,16,21H,1-4,11,13-15H2,(H,24,26). The topological polar surface area (TPSA) is 45.2 Å². The lowest BCUT2D eigenvalue weighted by Gasteiger charge is -2.22. The molecule has 2 aromatic rings. The molecule has 1 N–H and O–H groups in total. The molecular formula is C21H26ClN3O. The van der Waals surface area contributed by atoms with Crippen molar-refractivity contribution in [1.82, 2.24) is 15.2 Å². The number of nitrogens with one attached hydrogen (secondary N) is 1. The highest BCUT2D eigenvalue weighted by molar-refractivity contribution is 6.30. The fourth-order valence-corrected chi connectivity index (χ4v) is 3.54. The number of hydrogen-bond donors (Lipinski definition) is 1. The predicted molar refractivity (Wildman–Crippen MR) is 105 cm³/mol. The van der Waals surface area contributed by atoms with Crippen LogP contribution in [0.15, 0.2) is 48.8 Å². The number of benzene rings is 1. The van der Waals surface area contributed by atoms with Gasteiger partial charge in [-0.15, -0.1) is 0 Å². The maximum atomic E-state index is 12.6. The van der Waals surface area contributed by atoms with E-state index < -0.39 is 0 Å². The molecule has 138 valence electrons. The van der Waals surface area contributed by atoms with Crippen LogP contribution in [0, 0.1) is 0 Å². The average molecular weight is 372 g/mol. The van der Waals surface area contributed by atoms with Crippen molar-refractivity contribution in [3.8, 4) is 0 Å². The van der Waals surface area contributed by atoms with Crippen LogP contribution in [0.25, 0.3) is 0 Å². The highest BCUT2D eigenvalue weighted by Crippen LogP contribution is 2.23. The van der Waals surface area contributed by atoms with Gasteiger partial charge in [-0.3, -0.25) is 9.78 Å². The van der Waals surface area contributed by atoms with Crippen LogP contribution in [0.5, 0.6) is 0 Å². The molecule has 1 aliphatic rings. The van der Waals surface area contributed by atoms with Crippen LogP contribution < -0.4 is 5.32 Å². The monoisotopic (exact) mass is 371 g/mol. The minimum Gasteiger partial charge on any atom is -0.345 e. The van der Waals surface area contributed by atoms with E-state index >= 15 is 0 Å². The van der Waals surface area contributed by atoms with Crippen LogP contribution in [-0.2, 0) is 4.79 Å². The first kappa shape index (κ1) is 18.9. The molecule has 0 radical (unpaired) electrons. The van der Waals surface area contributed by atoms with Crippen molar-refractivity contribution in [2.24, 2.45) is 0 Å². The summed E-state index contributed by atoms with van der Waals surface area (Å²) in [7, 11) is 0.